The van der Waals surface area contributed by atoms with Crippen molar-refractivity contribution in [3.8, 4) is 0 Å². The molecule has 22 heavy (non-hydrogen) atoms. The highest BCUT2D eigenvalue weighted by atomic mass is 35.7. The largest absolute Gasteiger partial charge is 0.319 e. The van der Waals surface area contributed by atoms with Gasteiger partial charge < -0.3 is 0 Å². The third-order valence-corrected chi connectivity index (χ3v) is 4.82. The number of rotatable bonds is 5. The lowest BCUT2D eigenvalue weighted by Crippen LogP contribution is -2.15. The second-order valence-electron chi connectivity index (χ2n) is 4.15. The molecule has 0 fully saturated rings. The number of halogens is 2. The zero-order chi connectivity index (χ0) is 16.4. The van der Waals surface area contributed by atoms with Gasteiger partial charge in [-0.3, -0.25) is 9.44 Å². The van der Waals surface area contributed by atoms with Gasteiger partial charge in [0.1, 0.15) is 0 Å². The van der Waals surface area contributed by atoms with E-state index in [1.807, 2.05) is 4.72 Å². The number of sulfonamides is 1. The van der Waals surface area contributed by atoms with Crippen LogP contribution in [0.4, 0.5) is 11.4 Å². The second kappa shape index (κ2) is 6.33. The average molecular weight is 381 g/mol. The van der Waals surface area contributed by atoms with E-state index in [2.05, 4.69) is 4.72 Å². The Morgan fingerprint density at radius 1 is 0.818 bits per heavy atom. The maximum atomic E-state index is 12.3. The van der Waals surface area contributed by atoms with Crippen molar-refractivity contribution in [1.82, 2.24) is 0 Å². The van der Waals surface area contributed by atoms with Crippen LogP contribution in [0, 0.1) is 0 Å². The lowest BCUT2D eigenvalue weighted by atomic mass is 10.3. The molecule has 0 atom stereocenters. The van der Waals surface area contributed by atoms with Gasteiger partial charge in [0.15, 0.2) is 0 Å². The van der Waals surface area contributed by atoms with Gasteiger partial charge in [0.2, 0.25) is 0 Å². The van der Waals surface area contributed by atoms with Gasteiger partial charge in [0, 0.05) is 15.7 Å². The van der Waals surface area contributed by atoms with Crippen molar-refractivity contribution in [2.45, 2.75) is 4.90 Å². The maximum absolute atomic E-state index is 12.3. The Kier molecular flexibility index (Phi) is 4.86. The van der Waals surface area contributed by atoms with Crippen molar-refractivity contribution in [2.24, 2.45) is 0 Å². The molecule has 0 saturated heterocycles. The van der Waals surface area contributed by atoms with E-state index in [-0.39, 0.29) is 21.3 Å². The molecule has 0 spiro atoms. The molecule has 0 aliphatic rings. The quantitative estimate of drug-likeness (QED) is 0.779. The predicted octanol–water partition coefficient (Wildman–Crippen LogP) is 3.04. The van der Waals surface area contributed by atoms with Gasteiger partial charge in [-0.1, -0.05) is 29.8 Å². The van der Waals surface area contributed by atoms with Crippen molar-refractivity contribution in [1.29, 1.82) is 0 Å². The highest BCUT2D eigenvalue weighted by molar-refractivity contribution is 8.14. The van der Waals surface area contributed by atoms with Crippen LogP contribution in [-0.2, 0) is 19.3 Å². The summed E-state index contributed by atoms with van der Waals surface area (Å²) in [4.78, 5) is 0.0321. The minimum absolute atomic E-state index is 0.00234. The summed E-state index contributed by atoms with van der Waals surface area (Å²) in [6.45, 7) is 0. The fraction of sp³-hybridized carbons (Fsp3) is 0. The zero-order valence-corrected chi connectivity index (χ0v) is 14.0. The first-order chi connectivity index (χ1) is 10.2. The van der Waals surface area contributed by atoms with Crippen LogP contribution in [0.25, 0.3) is 0 Å². The standard InChI is InChI=1S/C12H10Cl2N2O4S2/c13-9-6-7-11(12(8-9)16-22(14,19)20)15-21(17,18)10-4-2-1-3-5-10/h1-8,15-16H. The molecule has 6 nitrogen and oxygen atoms in total. The van der Waals surface area contributed by atoms with E-state index in [1.54, 1.807) is 18.2 Å². The van der Waals surface area contributed by atoms with E-state index in [4.69, 9.17) is 22.3 Å². The van der Waals surface area contributed by atoms with Gasteiger partial charge in [0.05, 0.1) is 16.3 Å². The number of benzene rings is 2. The smallest absolute Gasteiger partial charge is 0.277 e. The second-order valence-corrected chi connectivity index (χ2v) is 8.57. The lowest BCUT2D eigenvalue weighted by Gasteiger charge is -2.13. The molecule has 0 aliphatic heterocycles. The van der Waals surface area contributed by atoms with Gasteiger partial charge in [-0.15, -0.1) is 0 Å². The Labute approximate surface area is 137 Å². The van der Waals surface area contributed by atoms with Gasteiger partial charge >= 0.3 is 9.24 Å². The maximum Gasteiger partial charge on any atom is 0.319 e. The summed E-state index contributed by atoms with van der Waals surface area (Å²) >= 11 is 5.78. The van der Waals surface area contributed by atoms with Crippen molar-refractivity contribution in [3.05, 3.63) is 53.6 Å². The highest BCUT2D eigenvalue weighted by Crippen LogP contribution is 2.29. The first-order valence-corrected chi connectivity index (χ1v) is 9.94. The van der Waals surface area contributed by atoms with Crippen molar-refractivity contribution in [2.75, 3.05) is 9.44 Å². The molecular formula is C12H10Cl2N2O4S2. The summed E-state index contributed by atoms with van der Waals surface area (Å²) in [5, 5.41) is 0.213. The fourth-order valence-electron chi connectivity index (χ4n) is 1.62. The molecule has 118 valence electrons. The Morgan fingerprint density at radius 3 is 2.05 bits per heavy atom. The summed E-state index contributed by atoms with van der Waals surface area (Å²) in [5.74, 6) is 0. The first-order valence-electron chi connectivity index (χ1n) is 5.77. The van der Waals surface area contributed by atoms with E-state index >= 15 is 0 Å². The van der Waals surface area contributed by atoms with Crippen molar-refractivity contribution < 1.29 is 16.8 Å². The molecule has 0 heterocycles. The molecule has 0 bridgehead atoms. The van der Waals surface area contributed by atoms with Crippen LogP contribution < -0.4 is 9.44 Å². The van der Waals surface area contributed by atoms with E-state index in [1.165, 1.54) is 30.3 Å². The minimum Gasteiger partial charge on any atom is -0.277 e. The lowest BCUT2D eigenvalue weighted by molar-refractivity contribution is 0.601. The summed E-state index contributed by atoms with van der Waals surface area (Å²) in [6.07, 6.45) is 0. The predicted molar refractivity (Wildman–Crippen MR) is 87.1 cm³/mol. The Bertz CT molecular complexity index is 885. The minimum atomic E-state index is -4.11. The Balaban J connectivity index is 2.42. The van der Waals surface area contributed by atoms with Gasteiger partial charge in [-0.05, 0) is 30.3 Å². The van der Waals surface area contributed by atoms with Gasteiger partial charge in [-0.2, -0.15) is 8.42 Å². The van der Waals surface area contributed by atoms with Crippen molar-refractivity contribution >= 4 is 52.9 Å². The van der Waals surface area contributed by atoms with Gasteiger partial charge in [0.25, 0.3) is 10.0 Å². The molecule has 0 aliphatic carbocycles. The molecule has 0 unspecified atom stereocenters. The third kappa shape index (κ3) is 4.51. The van der Waals surface area contributed by atoms with E-state index in [9.17, 15) is 16.8 Å². The molecule has 2 rings (SSSR count). The molecule has 2 aromatic carbocycles. The van der Waals surface area contributed by atoms with E-state index in [0.29, 0.717) is 0 Å². The average Bonchev–Trinajstić information content (AvgIpc) is 2.41. The topological polar surface area (TPSA) is 92.3 Å². The number of nitrogens with one attached hydrogen (secondary N) is 2. The molecule has 2 aromatic rings. The molecule has 2 N–H and O–H groups in total. The van der Waals surface area contributed by atoms with E-state index in [0.717, 1.165) is 0 Å². The summed E-state index contributed by atoms with van der Waals surface area (Å²) in [7, 11) is -2.86. The van der Waals surface area contributed by atoms with Crippen LogP contribution in [0.1, 0.15) is 0 Å². The monoisotopic (exact) mass is 380 g/mol. The van der Waals surface area contributed by atoms with Crippen LogP contribution in [0.5, 0.6) is 0 Å². The summed E-state index contributed by atoms with van der Waals surface area (Å²) < 4.78 is 51.0. The fourth-order valence-corrected chi connectivity index (χ4v) is 3.58. The first kappa shape index (κ1) is 16.9. The summed E-state index contributed by atoms with van der Waals surface area (Å²) in [6, 6.07) is 11.6. The Morgan fingerprint density at radius 2 is 1.45 bits per heavy atom. The van der Waals surface area contributed by atoms with Crippen LogP contribution in [-0.4, -0.2) is 16.8 Å². The Hall–Kier alpha value is -1.48. The molecule has 0 aromatic heterocycles. The molecular weight excluding hydrogens is 371 g/mol. The van der Waals surface area contributed by atoms with Crippen LogP contribution in [0.15, 0.2) is 53.4 Å². The van der Waals surface area contributed by atoms with Crippen molar-refractivity contribution in [3.63, 3.8) is 0 Å². The van der Waals surface area contributed by atoms with Crippen LogP contribution in [0.2, 0.25) is 5.02 Å². The third-order valence-electron chi connectivity index (χ3n) is 2.51. The zero-order valence-electron chi connectivity index (χ0n) is 10.8. The van der Waals surface area contributed by atoms with Gasteiger partial charge in [-0.25, -0.2) is 8.42 Å². The molecule has 0 radical (unpaired) electrons. The molecule has 0 saturated carbocycles. The molecule has 10 heteroatoms. The summed E-state index contributed by atoms with van der Waals surface area (Å²) in [5.41, 5.74) is -0.0838. The SMILES string of the molecule is O=S(=O)(Cl)Nc1cc(Cl)ccc1NS(=O)(=O)c1ccccc1. The number of anilines is 2. The molecule has 0 amide bonds. The van der Waals surface area contributed by atoms with Crippen LogP contribution >= 0.6 is 22.3 Å². The number of hydrogen-bond acceptors (Lipinski definition) is 4. The van der Waals surface area contributed by atoms with Crippen LogP contribution in [0.3, 0.4) is 0 Å². The normalized spacial score (nSPS) is 11.9. The highest BCUT2D eigenvalue weighted by Gasteiger charge is 2.17. The van der Waals surface area contributed by atoms with E-state index < -0.39 is 19.3 Å². The number of hydrogen-bond donors (Lipinski definition) is 2.